The quantitative estimate of drug-likeness (QED) is 0.540. The second-order valence-corrected chi connectivity index (χ2v) is 3.18. The summed E-state index contributed by atoms with van der Waals surface area (Å²) in [4.78, 5) is 0. The third kappa shape index (κ3) is 0.772. The maximum absolute atomic E-state index is 3.31. The maximum Gasteiger partial charge on any atom is 0.0211 e. The number of hydrogen-bond acceptors (Lipinski definition) is 1. The van der Waals surface area contributed by atoms with Crippen molar-refractivity contribution < 1.29 is 1.43 Å². The molecule has 1 nitrogen and oxygen atoms in total. The minimum absolute atomic E-state index is 0. The van der Waals surface area contributed by atoms with E-state index in [0.29, 0.717) is 0 Å². The molecule has 0 amide bonds. The summed E-state index contributed by atoms with van der Waals surface area (Å²) in [5.74, 6) is 0.744. The van der Waals surface area contributed by atoms with Crippen LogP contribution in [0.1, 0.15) is 27.6 Å². The largest absolute Gasteiger partial charge is 0.365 e. The lowest BCUT2D eigenvalue weighted by Crippen LogP contribution is -2.11. The second-order valence-electron chi connectivity index (χ2n) is 3.18. The van der Waals surface area contributed by atoms with Gasteiger partial charge in [0.25, 0.3) is 0 Å². The van der Waals surface area contributed by atoms with Crippen molar-refractivity contribution in [2.75, 3.05) is 0 Å². The Morgan fingerprint density at radius 3 is 3.40 bits per heavy atom. The molecule has 1 heteroatoms. The smallest absolute Gasteiger partial charge is 0.0211 e. The van der Waals surface area contributed by atoms with Crippen LogP contribution in [0, 0.1) is 5.92 Å². The summed E-state index contributed by atoms with van der Waals surface area (Å²) in [7, 11) is 0. The number of nitrogens with one attached hydrogen (secondary N) is 1. The Hall–Kier alpha value is -0.720. The SMILES string of the molecule is CC1=CNC2=CCCCC12.[HH]. The van der Waals surface area contributed by atoms with Gasteiger partial charge in [0, 0.05) is 19.2 Å². The fourth-order valence-electron chi connectivity index (χ4n) is 1.81. The van der Waals surface area contributed by atoms with Crippen LogP contribution in [-0.2, 0) is 0 Å². The topological polar surface area (TPSA) is 12.0 Å². The lowest BCUT2D eigenvalue weighted by Gasteiger charge is -2.17. The first-order valence-corrected chi connectivity index (χ1v) is 4.01. The van der Waals surface area contributed by atoms with Crippen LogP contribution in [0.2, 0.25) is 0 Å². The number of fused-ring (bicyclic) bond motifs is 1. The molecule has 1 aliphatic heterocycles. The summed E-state index contributed by atoms with van der Waals surface area (Å²) in [6, 6.07) is 0. The third-order valence-corrected chi connectivity index (χ3v) is 2.45. The van der Waals surface area contributed by atoms with Crippen LogP contribution >= 0.6 is 0 Å². The van der Waals surface area contributed by atoms with Crippen LogP contribution in [0.3, 0.4) is 0 Å². The van der Waals surface area contributed by atoms with Gasteiger partial charge in [-0.05, 0) is 31.8 Å². The summed E-state index contributed by atoms with van der Waals surface area (Å²) < 4.78 is 0. The van der Waals surface area contributed by atoms with Crippen molar-refractivity contribution in [3.63, 3.8) is 0 Å². The molecule has 2 rings (SSSR count). The molecule has 1 N–H and O–H groups in total. The second kappa shape index (κ2) is 2.15. The third-order valence-electron chi connectivity index (χ3n) is 2.45. The Morgan fingerprint density at radius 2 is 2.60 bits per heavy atom. The Labute approximate surface area is 63.3 Å². The average molecular weight is 137 g/mol. The highest BCUT2D eigenvalue weighted by Crippen LogP contribution is 2.32. The van der Waals surface area contributed by atoms with Gasteiger partial charge in [-0.25, -0.2) is 0 Å². The first-order valence-electron chi connectivity index (χ1n) is 4.01. The van der Waals surface area contributed by atoms with Gasteiger partial charge in [0.15, 0.2) is 0 Å². The average Bonchev–Trinajstić information content (AvgIpc) is 2.34. The molecule has 1 unspecified atom stereocenters. The number of hydrogen-bond donors (Lipinski definition) is 1. The molecular weight excluding hydrogens is 122 g/mol. The van der Waals surface area contributed by atoms with Gasteiger partial charge in [-0.15, -0.1) is 0 Å². The molecule has 0 aromatic rings. The molecule has 1 heterocycles. The van der Waals surface area contributed by atoms with Crippen molar-refractivity contribution in [3.05, 3.63) is 23.5 Å². The van der Waals surface area contributed by atoms with Gasteiger partial charge >= 0.3 is 0 Å². The first kappa shape index (κ1) is 6.02. The van der Waals surface area contributed by atoms with E-state index in [1.807, 2.05) is 0 Å². The molecule has 1 atom stereocenters. The maximum atomic E-state index is 3.31. The molecule has 0 aromatic carbocycles. The fraction of sp³-hybridized carbons (Fsp3) is 0.556. The highest BCUT2D eigenvalue weighted by Gasteiger charge is 2.22. The zero-order valence-corrected chi connectivity index (χ0v) is 6.35. The van der Waals surface area contributed by atoms with Crippen LogP contribution in [0.25, 0.3) is 0 Å². The molecule has 0 aromatic heterocycles. The Kier molecular flexibility index (Phi) is 1.30. The summed E-state index contributed by atoms with van der Waals surface area (Å²) in [5.41, 5.74) is 2.95. The van der Waals surface area contributed by atoms with Gasteiger partial charge in [0.1, 0.15) is 0 Å². The lowest BCUT2D eigenvalue weighted by atomic mass is 9.89. The van der Waals surface area contributed by atoms with Crippen molar-refractivity contribution >= 4 is 0 Å². The predicted molar refractivity (Wildman–Crippen MR) is 44.4 cm³/mol. The molecule has 0 radical (unpaired) electrons. The van der Waals surface area contributed by atoms with Gasteiger partial charge in [-0.2, -0.15) is 0 Å². The summed E-state index contributed by atoms with van der Waals surface area (Å²) in [6.45, 7) is 2.21. The Balaban J connectivity index is 0.000000605. The van der Waals surface area contributed by atoms with E-state index in [1.165, 1.54) is 30.5 Å². The van der Waals surface area contributed by atoms with Crippen LogP contribution < -0.4 is 5.32 Å². The molecule has 0 bridgehead atoms. The Bertz CT molecular complexity index is 206. The monoisotopic (exact) mass is 137 g/mol. The molecule has 56 valence electrons. The van der Waals surface area contributed by atoms with E-state index in [0.717, 1.165) is 5.92 Å². The van der Waals surface area contributed by atoms with Crippen LogP contribution in [0.4, 0.5) is 0 Å². The fourth-order valence-corrected chi connectivity index (χ4v) is 1.81. The highest BCUT2D eigenvalue weighted by molar-refractivity contribution is 5.28. The van der Waals surface area contributed by atoms with Crippen molar-refractivity contribution in [2.24, 2.45) is 5.92 Å². The van der Waals surface area contributed by atoms with E-state index in [9.17, 15) is 0 Å². The first-order chi connectivity index (χ1) is 4.88. The minimum Gasteiger partial charge on any atom is -0.365 e. The molecule has 2 aliphatic rings. The minimum atomic E-state index is 0. The zero-order chi connectivity index (χ0) is 6.97. The van der Waals surface area contributed by atoms with E-state index in [2.05, 4.69) is 24.5 Å². The standard InChI is InChI=1S/C9H13N.H2/c1-7-6-10-9-5-3-2-4-8(7)9;/h5-6,8,10H,2-4H2,1H3;1H. The molecule has 10 heavy (non-hydrogen) atoms. The van der Waals surface area contributed by atoms with Crippen molar-refractivity contribution in [3.8, 4) is 0 Å². The van der Waals surface area contributed by atoms with E-state index in [4.69, 9.17) is 0 Å². The van der Waals surface area contributed by atoms with E-state index < -0.39 is 0 Å². The molecule has 0 saturated carbocycles. The van der Waals surface area contributed by atoms with Crippen LogP contribution in [0.15, 0.2) is 23.5 Å². The van der Waals surface area contributed by atoms with Crippen molar-refractivity contribution in [2.45, 2.75) is 26.2 Å². The summed E-state index contributed by atoms with van der Waals surface area (Å²) in [5, 5.41) is 3.31. The van der Waals surface area contributed by atoms with Gasteiger partial charge in [-0.3, -0.25) is 0 Å². The number of allylic oxidation sites excluding steroid dienone is 2. The summed E-state index contributed by atoms with van der Waals surface area (Å²) >= 11 is 0. The van der Waals surface area contributed by atoms with Crippen molar-refractivity contribution in [1.29, 1.82) is 0 Å². The number of rotatable bonds is 0. The van der Waals surface area contributed by atoms with E-state index >= 15 is 0 Å². The molecule has 0 spiro atoms. The van der Waals surface area contributed by atoms with Gasteiger partial charge in [0.2, 0.25) is 0 Å². The molecule has 0 fully saturated rings. The highest BCUT2D eigenvalue weighted by atomic mass is 14.9. The molecule has 1 aliphatic carbocycles. The molecular formula is C9H15N. The van der Waals surface area contributed by atoms with E-state index in [1.54, 1.807) is 0 Å². The van der Waals surface area contributed by atoms with Gasteiger partial charge in [0.05, 0.1) is 0 Å². The molecule has 0 saturated heterocycles. The predicted octanol–water partition coefficient (Wildman–Crippen LogP) is 2.42. The van der Waals surface area contributed by atoms with Crippen LogP contribution in [-0.4, -0.2) is 0 Å². The lowest BCUT2D eigenvalue weighted by molar-refractivity contribution is 0.575. The van der Waals surface area contributed by atoms with Crippen molar-refractivity contribution in [1.82, 2.24) is 5.32 Å². The Morgan fingerprint density at radius 1 is 1.70 bits per heavy atom. The normalized spacial score (nSPS) is 30.3. The van der Waals surface area contributed by atoms with Crippen LogP contribution in [0.5, 0.6) is 0 Å². The van der Waals surface area contributed by atoms with E-state index in [-0.39, 0.29) is 1.43 Å². The zero-order valence-electron chi connectivity index (χ0n) is 6.35. The summed E-state index contributed by atoms with van der Waals surface area (Å²) in [6.07, 6.45) is 8.45. The van der Waals surface area contributed by atoms with Gasteiger partial charge < -0.3 is 5.32 Å². The van der Waals surface area contributed by atoms with Gasteiger partial charge in [-0.1, -0.05) is 6.08 Å².